The van der Waals surface area contributed by atoms with Gasteiger partial charge in [-0.25, -0.2) is 0 Å². The molecule has 0 aliphatic carbocycles. The Balaban J connectivity index is 2.32. The molecule has 0 amide bonds. The minimum atomic E-state index is 0.652. The van der Waals surface area contributed by atoms with E-state index >= 15 is 0 Å². The zero-order valence-corrected chi connectivity index (χ0v) is 12.1. The Hall–Kier alpha value is -0.340. The number of rotatable bonds is 6. The highest BCUT2D eigenvalue weighted by Gasteiger charge is 2.00. The summed E-state index contributed by atoms with van der Waals surface area (Å²) in [4.78, 5) is 0.652. The van der Waals surface area contributed by atoms with Crippen molar-refractivity contribution >= 4 is 15.9 Å². The van der Waals surface area contributed by atoms with E-state index in [0.717, 1.165) is 13.1 Å². The maximum absolute atomic E-state index is 3.65. The van der Waals surface area contributed by atoms with E-state index in [1.165, 1.54) is 29.5 Å². The molecule has 1 aromatic carbocycles. The summed E-state index contributed by atoms with van der Waals surface area (Å²) in [6.07, 6.45) is 2.40. The molecule has 0 heterocycles. The Kier molecular flexibility index (Phi) is 6.07. The normalized spacial score (nSPS) is 12.8. The maximum Gasteiger partial charge on any atom is 0.0205 e. The van der Waals surface area contributed by atoms with Gasteiger partial charge in [-0.05, 0) is 38.8 Å². The molecule has 0 saturated carbocycles. The molecule has 1 aromatic rings. The molecule has 0 spiro atoms. The zero-order valence-electron chi connectivity index (χ0n) is 10.5. The number of alkyl halides is 1. The van der Waals surface area contributed by atoms with E-state index in [-0.39, 0.29) is 0 Å². The molecular formula is C14H22BrN. The van der Waals surface area contributed by atoms with Crippen LogP contribution < -0.4 is 5.32 Å². The molecule has 0 aromatic heterocycles. The number of benzene rings is 1. The molecule has 0 aliphatic heterocycles. The Morgan fingerprint density at radius 3 is 2.38 bits per heavy atom. The van der Waals surface area contributed by atoms with Gasteiger partial charge in [0.1, 0.15) is 0 Å². The van der Waals surface area contributed by atoms with Gasteiger partial charge in [0.2, 0.25) is 0 Å². The second-order valence-electron chi connectivity index (χ2n) is 4.47. The van der Waals surface area contributed by atoms with Crippen molar-refractivity contribution in [3.8, 4) is 0 Å². The number of nitrogens with one attached hydrogen (secondary N) is 1. The number of aryl methyl sites for hydroxylation is 2. The minimum Gasteiger partial charge on any atom is -0.313 e. The first-order valence-corrected chi connectivity index (χ1v) is 6.95. The first-order chi connectivity index (χ1) is 7.61. The first-order valence-electron chi connectivity index (χ1n) is 6.03. The third kappa shape index (κ3) is 5.13. The van der Waals surface area contributed by atoms with E-state index in [0.29, 0.717) is 4.83 Å². The molecular weight excluding hydrogens is 262 g/mol. The van der Waals surface area contributed by atoms with Gasteiger partial charge in [0.15, 0.2) is 0 Å². The third-order valence-electron chi connectivity index (χ3n) is 2.69. The lowest BCUT2D eigenvalue weighted by Gasteiger charge is -2.09. The molecule has 0 saturated heterocycles. The van der Waals surface area contributed by atoms with Crippen LogP contribution in [0, 0.1) is 13.8 Å². The van der Waals surface area contributed by atoms with Crippen LogP contribution in [-0.2, 0) is 6.54 Å². The molecule has 1 nitrogen and oxygen atoms in total. The topological polar surface area (TPSA) is 12.0 Å². The van der Waals surface area contributed by atoms with Crippen LogP contribution in [0.1, 0.15) is 36.5 Å². The van der Waals surface area contributed by atoms with Gasteiger partial charge in [0.05, 0.1) is 0 Å². The van der Waals surface area contributed by atoms with Crippen molar-refractivity contribution in [2.24, 2.45) is 0 Å². The van der Waals surface area contributed by atoms with Crippen molar-refractivity contribution in [2.75, 3.05) is 6.54 Å². The predicted octanol–water partition coefficient (Wildman–Crippen LogP) is 3.96. The Labute approximate surface area is 108 Å². The van der Waals surface area contributed by atoms with Gasteiger partial charge in [-0.3, -0.25) is 0 Å². The van der Waals surface area contributed by atoms with Crippen molar-refractivity contribution < 1.29 is 0 Å². The van der Waals surface area contributed by atoms with Gasteiger partial charge in [0, 0.05) is 11.4 Å². The van der Waals surface area contributed by atoms with Gasteiger partial charge < -0.3 is 5.32 Å². The van der Waals surface area contributed by atoms with Gasteiger partial charge >= 0.3 is 0 Å². The van der Waals surface area contributed by atoms with Crippen LogP contribution in [0.4, 0.5) is 0 Å². The lowest BCUT2D eigenvalue weighted by atomic mass is 10.1. The van der Waals surface area contributed by atoms with Crippen LogP contribution in [0.25, 0.3) is 0 Å². The standard InChI is InChI=1S/C14H22BrN/c1-4-14(15)5-6-16-10-13-8-11(2)7-12(3)9-13/h7-9,14,16H,4-6,10H2,1-3H3. The lowest BCUT2D eigenvalue weighted by Crippen LogP contribution is -2.17. The fraction of sp³-hybridized carbons (Fsp3) is 0.571. The monoisotopic (exact) mass is 283 g/mol. The van der Waals surface area contributed by atoms with Gasteiger partial charge in [-0.15, -0.1) is 0 Å². The maximum atomic E-state index is 3.65. The molecule has 0 bridgehead atoms. The van der Waals surface area contributed by atoms with Crippen LogP contribution in [0.2, 0.25) is 0 Å². The van der Waals surface area contributed by atoms with Crippen LogP contribution in [-0.4, -0.2) is 11.4 Å². The highest BCUT2D eigenvalue weighted by atomic mass is 79.9. The van der Waals surface area contributed by atoms with Crippen LogP contribution in [0.15, 0.2) is 18.2 Å². The van der Waals surface area contributed by atoms with E-state index in [4.69, 9.17) is 0 Å². The summed E-state index contributed by atoms with van der Waals surface area (Å²) in [6.45, 7) is 8.58. The summed E-state index contributed by atoms with van der Waals surface area (Å²) in [5, 5.41) is 3.49. The molecule has 1 atom stereocenters. The molecule has 2 heteroatoms. The molecule has 0 aliphatic rings. The van der Waals surface area contributed by atoms with Crippen molar-refractivity contribution in [2.45, 2.75) is 45.0 Å². The second kappa shape index (κ2) is 7.08. The van der Waals surface area contributed by atoms with Crippen molar-refractivity contribution in [3.05, 3.63) is 34.9 Å². The van der Waals surface area contributed by atoms with Gasteiger partial charge in [-0.1, -0.05) is 52.2 Å². The molecule has 1 rings (SSSR count). The zero-order chi connectivity index (χ0) is 12.0. The van der Waals surface area contributed by atoms with Crippen molar-refractivity contribution in [1.29, 1.82) is 0 Å². The molecule has 0 fully saturated rings. The molecule has 0 radical (unpaired) electrons. The van der Waals surface area contributed by atoms with E-state index < -0.39 is 0 Å². The summed E-state index contributed by atoms with van der Waals surface area (Å²) >= 11 is 3.65. The highest BCUT2D eigenvalue weighted by Crippen LogP contribution is 2.10. The third-order valence-corrected chi connectivity index (χ3v) is 3.79. The van der Waals surface area contributed by atoms with Gasteiger partial charge in [0.25, 0.3) is 0 Å². The molecule has 1 unspecified atom stereocenters. The van der Waals surface area contributed by atoms with E-state index in [2.05, 4.69) is 60.2 Å². The average Bonchev–Trinajstić information content (AvgIpc) is 2.22. The van der Waals surface area contributed by atoms with Gasteiger partial charge in [-0.2, -0.15) is 0 Å². The Morgan fingerprint density at radius 1 is 1.19 bits per heavy atom. The molecule has 1 N–H and O–H groups in total. The summed E-state index contributed by atoms with van der Waals surface area (Å²) in [7, 11) is 0. The number of hydrogen-bond donors (Lipinski definition) is 1. The Morgan fingerprint density at radius 2 is 1.81 bits per heavy atom. The fourth-order valence-corrected chi connectivity index (χ4v) is 2.10. The molecule has 16 heavy (non-hydrogen) atoms. The average molecular weight is 284 g/mol. The van der Waals surface area contributed by atoms with Crippen molar-refractivity contribution in [1.82, 2.24) is 5.32 Å². The molecule has 90 valence electrons. The van der Waals surface area contributed by atoms with Crippen molar-refractivity contribution in [3.63, 3.8) is 0 Å². The smallest absolute Gasteiger partial charge is 0.0205 e. The summed E-state index contributed by atoms with van der Waals surface area (Å²) in [6, 6.07) is 6.73. The summed E-state index contributed by atoms with van der Waals surface area (Å²) in [5.74, 6) is 0. The lowest BCUT2D eigenvalue weighted by molar-refractivity contribution is 0.630. The van der Waals surface area contributed by atoms with E-state index in [9.17, 15) is 0 Å². The highest BCUT2D eigenvalue weighted by molar-refractivity contribution is 9.09. The van der Waals surface area contributed by atoms with Crippen LogP contribution >= 0.6 is 15.9 Å². The van der Waals surface area contributed by atoms with Crippen LogP contribution in [0.5, 0.6) is 0 Å². The Bertz CT molecular complexity index is 302. The second-order valence-corrected chi connectivity index (χ2v) is 5.76. The quantitative estimate of drug-likeness (QED) is 0.616. The minimum absolute atomic E-state index is 0.652. The van der Waals surface area contributed by atoms with Crippen LogP contribution in [0.3, 0.4) is 0 Å². The largest absolute Gasteiger partial charge is 0.313 e. The first kappa shape index (κ1) is 13.7. The van der Waals surface area contributed by atoms with E-state index in [1.54, 1.807) is 0 Å². The number of hydrogen-bond acceptors (Lipinski definition) is 1. The summed E-state index contributed by atoms with van der Waals surface area (Å²) < 4.78 is 0. The number of halogens is 1. The predicted molar refractivity (Wildman–Crippen MR) is 75.2 cm³/mol. The fourth-order valence-electron chi connectivity index (χ4n) is 1.87. The van der Waals surface area contributed by atoms with E-state index in [1.807, 2.05) is 0 Å². The SMILES string of the molecule is CCC(Br)CCNCc1cc(C)cc(C)c1. The summed E-state index contributed by atoms with van der Waals surface area (Å²) in [5.41, 5.74) is 4.09.